The van der Waals surface area contributed by atoms with Crippen LogP contribution in [0.5, 0.6) is 0 Å². The van der Waals surface area contributed by atoms with Gasteiger partial charge in [-0.2, -0.15) is 0 Å². The van der Waals surface area contributed by atoms with Gasteiger partial charge in [0.1, 0.15) is 5.84 Å². The predicted molar refractivity (Wildman–Crippen MR) is 281 cm³/mol. The van der Waals surface area contributed by atoms with Crippen molar-refractivity contribution in [2.24, 2.45) is 4.99 Å². The Morgan fingerprint density at radius 3 is 1.51 bits per heavy atom. The van der Waals surface area contributed by atoms with Crippen LogP contribution in [0.3, 0.4) is 0 Å². The first-order chi connectivity index (χ1) is 33.2. The molecule has 0 radical (unpaired) electrons. The van der Waals surface area contributed by atoms with E-state index >= 15 is 0 Å². The topological polar surface area (TPSA) is 29.3 Å². The van der Waals surface area contributed by atoms with Crippen LogP contribution in [0.2, 0.25) is 0 Å². The molecule has 318 valence electrons. The van der Waals surface area contributed by atoms with Crippen molar-refractivity contribution >= 4 is 28.5 Å². The van der Waals surface area contributed by atoms with Gasteiger partial charge >= 0.3 is 0 Å². The molecular formula is C64H47N3. The maximum absolute atomic E-state index is 5.40. The Kier molecular flexibility index (Phi) is 10.4. The maximum Gasteiger partial charge on any atom is 0.134 e. The van der Waals surface area contributed by atoms with Gasteiger partial charge in [-0.25, -0.2) is 4.99 Å². The molecule has 1 aliphatic carbocycles. The van der Waals surface area contributed by atoms with E-state index < -0.39 is 0 Å². The number of allylic oxidation sites excluding steroid dienone is 1. The number of nitrogens with one attached hydrogen (secondary N) is 1. The van der Waals surface area contributed by atoms with E-state index in [2.05, 4.69) is 259 Å². The number of aromatic nitrogens is 1. The first-order valence-corrected chi connectivity index (χ1v) is 23.3. The van der Waals surface area contributed by atoms with E-state index in [0.29, 0.717) is 0 Å². The van der Waals surface area contributed by atoms with Gasteiger partial charge in [0.2, 0.25) is 0 Å². The van der Waals surface area contributed by atoms with Crippen LogP contribution in [0.15, 0.2) is 248 Å². The Morgan fingerprint density at radius 2 is 0.896 bits per heavy atom. The smallest absolute Gasteiger partial charge is 0.134 e. The fraction of sp³-hybridized carbons (Fsp3) is 0.0469. The van der Waals surface area contributed by atoms with E-state index in [1.54, 1.807) is 0 Å². The molecule has 0 amide bonds. The zero-order valence-electron chi connectivity index (χ0n) is 37.1. The molecule has 2 heterocycles. The molecule has 1 aliphatic heterocycles. The van der Waals surface area contributed by atoms with E-state index in [4.69, 9.17) is 4.99 Å². The molecular weight excluding hydrogens is 811 g/mol. The fourth-order valence-electron chi connectivity index (χ4n) is 9.90. The predicted octanol–water partition coefficient (Wildman–Crippen LogP) is 16.1. The molecule has 10 aromatic rings. The summed E-state index contributed by atoms with van der Waals surface area (Å²) in [7, 11) is 0. The van der Waals surface area contributed by atoms with E-state index in [1.165, 1.54) is 83.4 Å². The van der Waals surface area contributed by atoms with Crippen LogP contribution in [0.1, 0.15) is 40.4 Å². The molecule has 0 saturated heterocycles. The van der Waals surface area contributed by atoms with Crippen molar-refractivity contribution in [3.63, 3.8) is 0 Å². The molecule has 1 N–H and O–H groups in total. The number of fused-ring (bicyclic) bond motifs is 3. The molecule has 0 saturated carbocycles. The number of hydrogen-bond donors (Lipinski definition) is 1. The number of benzene rings is 9. The number of rotatable bonds is 9. The van der Waals surface area contributed by atoms with Crippen LogP contribution in [0.25, 0.3) is 84.0 Å². The third-order valence-corrected chi connectivity index (χ3v) is 13.3. The lowest BCUT2D eigenvalue weighted by molar-refractivity contribution is 0.781. The molecule has 3 nitrogen and oxygen atoms in total. The van der Waals surface area contributed by atoms with E-state index in [-0.39, 0.29) is 6.04 Å². The van der Waals surface area contributed by atoms with Gasteiger partial charge in [0.25, 0.3) is 0 Å². The highest BCUT2D eigenvalue weighted by Crippen LogP contribution is 2.37. The van der Waals surface area contributed by atoms with Gasteiger partial charge in [-0.05, 0) is 122 Å². The highest BCUT2D eigenvalue weighted by molar-refractivity contribution is 6.04. The molecule has 9 aromatic carbocycles. The van der Waals surface area contributed by atoms with Gasteiger partial charge in [0.05, 0.1) is 17.3 Å². The highest BCUT2D eigenvalue weighted by Gasteiger charge is 2.23. The largest absolute Gasteiger partial charge is 0.359 e. The Labute approximate surface area is 392 Å². The van der Waals surface area contributed by atoms with Gasteiger partial charge in [0.15, 0.2) is 0 Å². The minimum atomic E-state index is -0.111. The monoisotopic (exact) mass is 857 g/mol. The summed E-state index contributed by atoms with van der Waals surface area (Å²) in [5.74, 6) is 0.851. The molecule has 2 aliphatic rings. The first-order valence-electron chi connectivity index (χ1n) is 23.3. The van der Waals surface area contributed by atoms with Gasteiger partial charge in [-0.3, -0.25) is 0 Å². The fourth-order valence-corrected chi connectivity index (χ4v) is 9.90. The van der Waals surface area contributed by atoms with Crippen molar-refractivity contribution in [2.75, 3.05) is 0 Å². The molecule has 1 atom stereocenters. The molecule has 1 unspecified atom stereocenters. The average molecular weight is 858 g/mol. The lowest BCUT2D eigenvalue weighted by atomic mass is 9.94. The SMILES string of the molecule is C1=Cc2c(n(-c3cccc(C4=NC(c5ccc(-c6cccc(-c7ccccc7)c6)cc5)=CC(c5ccc(-c6cccc(-c7cccc(-c8ccccc8)c7)c6)cc5)N4)c3)c3ccccc23)CC1. The number of aliphatic imine (C=N–C) groups is 1. The third-order valence-electron chi connectivity index (χ3n) is 13.3. The van der Waals surface area contributed by atoms with Crippen molar-refractivity contribution < 1.29 is 0 Å². The van der Waals surface area contributed by atoms with Crippen molar-refractivity contribution in [3.8, 4) is 61.3 Å². The summed E-state index contributed by atoms with van der Waals surface area (Å²) in [6.45, 7) is 0. The number of nitrogens with zero attached hydrogens (tertiary/aromatic N) is 2. The van der Waals surface area contributed by atoms with Crippen molar-refractivity contribution in [1.29, 1.82) is 0 Å². The highest BCUT2D eigenvalue weighted by atomic mass is 15.1. The normalized spacial score (nSPS) is 14.2. The Morgan fingerprint density at radius 1 is 0.418 bits per heavy atom. The lowest BCUT2D eigenvalue weighted by Crippen LogP contribution is -2.31. The summed E-state index contributed by atoms with van der Waals surface area (Å²) < 4.78 is 2.45. The molecule has 0 spiro atoms. The van der Waals surface area contributed by atoms with Crippen LogP contribution in [0.4, 0.5) is 0 Å². The number of amidine groups is 1. The Hall–Kier alpha value is -8.53. The van der Waals surface area contributed by atoms with Crippen LogP contribution >= 0.6 is 0 Å². The van der Waals surface area contributed by atoms with Crippen molar-refractivity contribution in [2.45, 2.75) is 18.9 Å². The average Bonchev–Trinajstić information content (AvgIpc) is 3.76. The van der Waals surface area contributed by atoms with E-state index in [1.807, 2.05) is 0 Å². The molecule has 3 heteroatoms. The van der Waals surface area contributed by atoms with Crippen LogP contribution in [0, 0.1) is 0 Å². The number of para-hydroxylation sites is 1. The van der Waals surface area contributed by atoms with Gasteiger partial charge in [-0.15, -0.1) is 0 Å². The van der Waals surface area contributed by atoms with Crippen LogP contribution < -0.4 is 5.32 Å². The van der Waals surface area contributed by atoms with Gasteiger partial charge in [-0.1, -0.05) is 206 Å². The minimum absolute atomic E-state index is 0.111. The molecule has 0 bridgehead atoms. The van der Waals surface area contributed by atoms with Crippen LogP contribution in [-0.4, -0.2) is 10.4 Å². The van der Waals surface area contributed by atoms with E-state index in [9.17, 15) is 0 Å². The summed E-state index contributed by atoms with van der Waals surface area (Å²) in [5, 5.41) is 5.17. The first kappa shape index (κ1) is 40.0. The van der Waals surface area contributed by atoms with Gasteiger partial charge < -0.3 is 9.88 Å². The Balaban J connectivity index is 0.890. The molecule has 0 fully saturated rings. The molecule has 1 aromatic heterocycles. The maximum atomic E-state index is 5.40. The van der Waals surface area contributed by atoms with Crippen LogP contribution in [-0.2, 0) is 6.42 Å². The summed E-state index contributed by atoms with van der Waals surface area (Å²) in [4.78, 5) is 5.40. The molecule has 12 rings (SSSR count). The summed E-state index contributed by atoms with van der Waals surface area (Å²) in [6, 6.07) is 83.1. The third kappa shape index (κ3) is 7.91. The lowest BCUT2D eigenvalue weighted by Gasteiger charge is -2.25. The summed E-state index contributed by atoms with van der Waals surface area (Å²) >= 11 is 0. The second-order valence-electron chi connectivity index (χ2n) is 17.5. The van der Waals surface area contributed by atoms with Gasteiger partial charge in [0, 0.05) is 27.9 Å². The van der Waals surface area contributed by atoms with Crippen molar-refractivity contribution in [1.82, 2.24) is 9.88 Å². The summed E-state index contributed by atoms with van der Waals surface area (Å²) in [6.07, 6.45) is 8.92. The second kappa shape index (κ2) is 17.5. The zero-order valence-corrected chi connectivity index (χ0v) is 37.1. The minimum Gasteiger partial charge on any atom is -0.359 e. The zero-order chi connectivity index (χ0) is 44.5. The van der Waals surface area contributed by atoms with E-state index in [0.717, 1.165) is 41.2 Å². The number of hydrogen-bond acceptors (Lipinski definition) is 2. The standard InChI is InChI=1S/C64H47N3/c1-3-15-44(16-4-1)50-19-11-21-52(39-50)46-31-35-48(36-32-46)60-43-61(66-64(65-60)56-25-14-26-57(42-56)67-62-29-9-7-27-58(62)59-28-8-10-30-63(59)67)49-37-33-47(34-38-49)53-22-13-24-55(41-53)54-23-12-20-51(40-54)45-17-5-2-6-18-45/h1-9,11-29,31-43,61H,10,30H2,(H,65,66). The van der Waals surface area contributed by atoms with Crippen molar-refractivity contribution in [3.05, 3.63) is 271 Å². The quantitative estimate of drug-likeness (QED) is 0.154. The Bertz CT molecular complexity index is 3520. The molecule has 67 heavy (non-hydrogen) atoms. The second-order valence-corrected chi connectivity index (χ2v) is 17.5. The summed E-state index contributed by atoms with van der Waals surface area (Å²) in [5.41, 5.74) is 21.3.